The number of methoxy groups -OCH3 is 1. The highest BCUT2D eigenvalue weighted by molar-refractivity contribution is 6.39. The summed E-state index contributed by atoms with van der Waals surface area (Å²) in [5.41, 5.74) is 0.988. The summed E-state index contributed by atoms with van der Waals surface area (Å²) in [6, 6.07) is 13.2. The van der Waals surface area contributed by atoms with Gasteiger partial charge in [0.2, 0.25) is 0 Å². The van der Waals surface area contributed by atoms with Crippen molar-refractivity contribution in [1.29, 1.82) is 0 Å². The van der Waals surface area contributed by atoms with Crippen molar-refractivity contribution in [1.82, 2.24) is 5.32 Å². The Morgan fingerprint density at radius 1 is 1.09 bits per heavy atom. The van der Waals surface area contributed by atoms with Gasteiger partial charge in [-0.1, -0.05) is 19.1 Å². The molecule has 1 fully saturated rings. The number of benzene rings is 2. The number of rotatable bonds is 6. The molecule has 4 amide bonds. The second kappa shape index (κ2) is 9.02. The number of hydrogen-bond donors (Lipinski definition) is 1. The Hall–Kier alpha value is -4.73. The second-order valence-corrected chi connectivity index (χ2v) is 7.32. The highest BCUT2D eigenvalue weighted by Gasteiger charge is 2.37. The Balaban J connectivity index is 1.68. The van der Waals surface area contributed by atoms with Crippen LogP contribution in [0, 0.1) is 10.1 Å². The van der Waals surface area contributed by atoms with E-state index in [2.05, 4.69) is 5.32 Å². The van der Waals surface area contributed by atoms with E-state index in [1.165, 1.54) is 37.5 Å². The van der Waals surface area contributed by atoms with E-state index in [1.807, 2.05) is 6.92 Å². The maximum Gasteiger partial charge on any atom is 0.335 e. The number of nitrogens with one attached hydrogen (secondary N) is 1. The molecule has 3 aromatic rings. The molecule has 0 saturated carbocycles. The van der Waals surface area contributed by atoms with E-state index in [1.54, 1.807) is 30.3 Å². The van der Waals surface area contributed by atoms with E-state index in [-0.39, 0.29) is 28.3 Å². The molecule has 0 radical (unpaired) electrons. The highest BCUT2D eigenvalue weighted by atomic mass is 16.6. The average molecular weight is 461 g/mol. The molecule has 172 valence electrons. The van der Waals surface area contributed by atoms with E-state index in [0.717, 1.165) is 16.9 Å². The first-order valence-electron chi connectivity index (χ1n) is 10.3. The molecule has 0 unspecified atom stereocenters. The Bertz CT molecular complexity index is 1340. The summed E-state index contributed by atoms with van der Waals surface area (Å²) >= 11 is 0. The zero-order valence-electron chi connectivity index (χ0n) is 18.2. The number of imide groups is 2. The number of nitro groups is 1. The number of amides is 4. The predicted octanol–water partition coefficient (Wildman–Crippen LogP) is 4.09. The maximum atomic E-state index is 13.0. The van der Waals surface area contributed by atoms with Crippen LogP contribution in [-0.4, -0.2) is 29.9 Å². The average Bonchev–Trinajstić information content (AvgIpc) is 3.30. The molecule has 0 atom stereocenters. The van der Waals surface area contributed by atoms with Gasteiger partial charge < -0.3 is 9.15 Å². The van der Waals surface area contributed by atoms with Gasteiger partial charge in [-0.3, -0.25) is 25.0 Å². The van der Waals surface area contributed by atoms with Crippen LogP contribution in [0.15, 0.2) is 64.6 Å². The lowest BCUT2D eigenvalue weighted by molar-refractivity contribution is -0.384. The minimum absolute atomic E-state index is 0.106. The first-order chi connectivity index (χ1) is 16.3. The largest absolute Gasteiger partial charge is 0.497 e. The van der Waals surface area contributed by atoms with Crippen molar-refractivity contribution in [3.05, 3.63) is 81.6 Å². The van der Waals surface area contributed by atoms with E-state index >= 15 is 0 Å². The van der Waals surface area contributed by atoms with E-state index < -0.39 is 22.8 Å². The van der Waals surface area contributed by atoms with Crippen molar-refractivity contribution in [3.63, 3.8) is 0 Å². The number of hydrogen-bond acceptors (Lipinski definition) is 7. The van der Waals surface area contributed by atoms with Gasteiger partial charge in [0.05, 0.1) is 29.4 Å². The van der Waals surface area contributed by atoms with E-state index in [9.17, 15) is 24.5 Å². The monoisotopic (exact) mass is 461 g/mol. The highest BCUT2D eigenvalue weighted by Crippen LogP contribution is 2.34. The molecule has 0 spiro atoms. The molecule has 34 heavy (non-hydrogen) atoms. The van der Waals surface area contributed by atoms with Crippen LogP contribution in [0.1, 0.15) is 18.2 Å². The van der Waals surface area contributed by atoms with Gasteiger partial charge in [0.15, 0.2) is 0 Å². The van der Waals surface area contributed by atoms with Crippen molar-refractivity contribution in [2.45, 2.75) is 13.3 Å². The van der Waals surface area contributed by atoms with Crippen molar-refractivity contribution in [3.8, 4) is 17.1 Å². The van der Waals surface area contributed by atoms with E-state index in [0.29, 0.717) is 11.4 Å². The van der Waals surface area contributed by atoms with Crippen LogP contribution >= 0.6 is 0 Å². The Labute approximate surface area is 193 Å². The number of carbonyl (C=O) groups is 3. The molecule has 2 heterocycles. The number of nitrogens with zero attached hydrogens (tertiary/aromatic N) is 2. The summed E-state index contributed by atoms with van der Waals surface area (Å²) in [5.74, 6) is -1.11. The molecule has 2 aromatic carbocycles. The van der Waals surface area contributed by atoms with Crippen molar-refractivity contribution in [2.24, 2.45) is 0 Å². The molecule has 0 aliphatic carbocycles. The summed E-state index contributed by atoms with van der Waals surface area (Å²) < 4.78 is 10.7. The van der Waals surface area contributed by atoms with Crippen LogP contribution in [0.3, 0.4) is 0 Å². The zero-order valence-corrected chi connectivity index (χ0v) is 18.2. The first kappa shape index (κ1) is 22.5. The van der Waals surface area contributed by atoms with Crippen LogP contribution in [0.4, 0.5) is 16.2 Å². The van der Waals surface area contributed by atoms with Gasteiger partial charge in [0.25, 0.3) is 17.5 Å². The van der Waals surface area contributed by atoms with Crippen LogP contribution in [0.5, 0.6) is 5.75 Å². The van der Waals surface area contributed by atoms with Gasteiger partial charge in [-0.15, -0.1) is 0 Å². The molecule has 1 saturated heterocycles. The van der Waals surface area contributed by atoms with Gasteiger partial charge in [-0.05, 0) is 54.5 Å². The molecular formula is C24H19N3O7. The fourth-order valence-corrected chi connectivity index (χ4v) is 3.49. The van der Waals surface area contributed by atoms with Gasteiger partial charge in [-0.2, -0.15) is 0 Å². The van der Waals surface area contributed by atoms with Gasteiger partial charge in [0, 0.05) is 0 Å². The van der Waals surface area contributed by atoms with E-state index in [4.69, 9.17) is 9.15 Å². The first-order valence-corrected chi connectivity index (χ1v) is 10.3. The predicted molar refractivity (Wildman–Crippen MR) is 122 cm³/mol. The third-order valence-electron chi connectivity index (χ3n) is 5.28. The standard InChI is InChI=1S/C24H19N3O7/c1-3-14-4-6-15(7-5-14)26-23(29)19(22(28)25-24(26)30)12-17-9-11-21(34-17)18-10-8-16(33-2)13-20(18)27(31)32/h4-13H,3H2,1-2H3,(H,25,28,30). The minimum Gasteiger partial charge on any atom is -0.497 e. The molecule has 4 rings (SSSR count). The number of aryl methyl sites for hydroxylation is 1. The lowest BCUT2D eigenvalue weighted by Crippen LogP contribution is -2.54. The van der Waals surface area contributed by atoms with Crippen molar-refractivity contribution >= 4 is 35.3 Å². The third-order valence-corrected chi connectivity index (χ3v) is 5.28. The molecular weight excluding hydrogens is 442 g/mol. The molecule has 1 aromatic heterocycles. The minimum atomic E-state index is -0.871. The molecule has 1 aliphatic heterocycles. The van der Waals surface area contributed by atoms with Crippen LogP contribution in [0.25, 0.3) is 17.4 Å². The fourth-order valence-electron chi connectivity index (χ4n) is 3.49. The lowest BCUT2D eigenvalue weighted by atomic mass is 10.1. The van der Waals surface area contributed by atoms with Crippen molar-refractivity contribution in [2.75, 3.05) is 12.0 Å². The topological polar surface area (TPSA) is 132 Å². The number of nitro benzene ring substituents is 1. The van der Waals surface area contributed by atoms with Crippen molar-refractivity contribution < 1.29 is 28.5 Å². The molecule has 10 nitrogen and oxygen atoms in total. The maximum absolute atomic E-state index is 13.0. The smallest absolute Gasteiger partial charge is 0.335 e. The van der Waals surface area contributed by atoms with Gasteiger partial charge >= 0.3 is 6.03 Å². The van der Waals surface area contributed by atoms with Crippen LogP contribution < -0.4 is 15.0 Å². The molecule has 1 N–H and O–H groups in total. The SMILES string of the molecule is CCc1ccc(N2C(=O)NC(=O)C(=Cc3ccc(-c4ccc(OC)cc4[N+](=O)[O-])o3)C2=O)cc1. The number of urea groups is 1. The van der Waals surface area contributed by atoms with Gasteiger partial charge in [0.1, 0.15) is 22.8 Å². The summed E-state index contributed by atoms with van der Waals surface area (Å²) in [6.45, 7) is 1.98. The Morgan fingerprint density at radius 2 is 1.82 bits per heavy atom. The summed E-state index contributed by atoms with van der Waals surface area (Å²) in [4.78, 5) is 49.6. The number of anilines is 1. The number of furan rings is 1. The number of ether oxygens (including phenoxy) is 1. The summed E-state index contributed by atoms with van der Waals surface area (Å²) in [6.07, 6.45) is 1.98. The number of barbiturate groups is 1. The molecule has 10 heteroatoms. The fraction of sp³-hybridized carbons (Fsp3) is 0.125. The molecule has 1 aliphatic rings. The molecule has 0 bridgehead atoms. The Kier molecular flexibility index (Phi) is 5.96. The zero-order chi connectivity index (χ0) is 24.4. The second-order valence-electron chi connectivity index (χ2n) is 7.32. The normalized spacial score (nSPS) is 14.9. The quantitative estimate of drug-likeness (QED) is 0.253. The summed E-state index contributed by atoms with van der Waals surface area (Å²) in [7, 11) is 1.40. The Morgan fingerprint density at radius 3 is 2.47 bits per heavy atom. The van der Waals surface area contributed by atoms with Crippen LogP contribution in [-0.2, 0) is 16.0 Å². The van der Waals surface area contributed by atoms with Crippen LogP contribution in [0.2, 0.25) is 0 Å². The number of carbonyl (C=O) groups excluding carboxylic acids is 3. The lowest BCUT2D eigenvalue weighted by Gasteiger charge is -2.26. The van der Waals surface area contributed by atoms with Gasteiger partial charge in [-0.25, -0.2) is 9.69 Å². The summed E-state index contributed by atoms with van der Waals surface area (Å²) in [5, 5.41) is 13.6. The third kappa shape index (κ3) is 4.16.